The number of hydrogen-bond acceptors (Lipinski definition) is 5. The highest BCUT2D eigenvalue weighted by molar-refractivity contribution is 7.54. The molecule has 0 spiro atoms. The SMILES string of the molecule is C=Cc1ccc(CON(C(C(C)(C)C)P(=O)(OCC)OCC)C(C)(C)C)cc1. The quantitative estimate of drug-likeness (QED) is 0.325. The van der Waals surface area contributed by atoms with Crippen LogP contribution in [0, 0.1) is 5.41 Å². The van der Waals surface area contributed by atoms with Gasteiger partial charge in [-0.25, -0.2) is 0 Å². The van der Waals surface area contributed by atoms with Gasteiger partial charge in [0.05, 0.1) is 19.8 Å². The molecule has 0 aromatic heterocycles. The highest BCUT2D eigenvalue weighted by Gasteiger charge is 2.51. The standard InChI is InChI=1S/C22H38NO4P/c1-10-18-13-15-19(16-14-18)17-25-23(22(7,8)9)20(21(4,5)6)28(24,26-11-2)27-12-3/h10,13-16,20H,1,11-12,17H2,2-9H3. The second-order valence-electron chi connectivity index (χ2n) is 8.83. The Morgan fingerprint density at radius 2 is 1.54 bits per heavy atom. The maximum atomic E-state index is 13.8. The van der Waals surface area contributed by atoms with Gasteiger partial charge in [0.25, 0.3) is 0 Å². The van der Waals surface area contributed by atoms with Crippen LogP contribution in [0.5, 0.6) is 0 Å². The monoisotopic (exact) mass is 411 g/mol. The molecule has 1 aromatic rings. The van der Waals surface area contributed by atoms with E-state index in [0.29, 0.717) is 19.8 Å². The molecular formula is C22H38NO4P. The van der Waals surface area contributed by atoms with E-state index in [1.807, 2.05) is 85.7 Å². The molecule has 160 valence electrons. The van der Waals surface area contributed by atoms with Gasteiger partial charge in [-0.15, -0.1) is 0 Å². The fourth-order valence-electron chi connectivity index (χ4n) is 3.02. The van der Waals surface area contributed by atoms with E-state index in [9.17, 15) is 4.57 Å². The molecule has 0 aliphatic carbocycles. The minimum absolute atomic E-state index is 0.310. The minimum atomic E-state index is -3.45. The molecule has 0 saturated heterocycles. The number of hydroxylamine groups is 2. The lowest BCUT2D eigenvalue weighted by Crippen LogP contribution is -2.53. The van der Waals surface area contributed by atoms with Gasteiger partial charge in [-0.05, 0) is 51.2 Å². The van der Waals surface area contributed by atoms with Crippen LogP contribution < -0.4 is 0 Å². The van der Waals surface area contributed by atoms with E-state index in [1.54, 1.807) is 5.06 Å². The zero-order chi connectivity index (χ0) is 21.6. The molecule has 0 radical (unpaired) electrons. The van der Waals surface area contributed by atoms with Crippen LogP contribution >= 0.6 is 7.60 Å². The summed E-state index contributed by atoms with van der Waals surface area (Å²) in [7, 11) is -3.45. The summed E-state index contributed by atoms with van der Waals surface area (Å²) >= 11 is 0. The maximum Gasteiger partial charge on any atom is 0.350 e. The second kappa shape index (κ2) is 10.2. The molecule has 0 bridgehead atoms. The fraction of sp³-hybridized carbons (Fsp3) is 0.636. The molecule has 6 heteroatoms. The summed E-state index contributed by atoms with van der Waals surface area (Å²) in [5, 5.41) is 1.81. The Balaban J connectivity index is 3.27. The zero-order valence-electron chi connectivity index (χ0n) is 18.8. The summed E-state index contributed by atoms with van der Waals surface area (Å²) in [6.45, 7) is 20.6. The van der Waals surface area contributed by atoms with Crippen molar-refractivity contribution in [3.63, 3.8) is 0 Å². The van der Waals surface area contributed by atoms with Crippen molar-refractivity contribution in [3.05, 3.63) is 42.0 Å². The van der Waals surface area contributed by atoms with Gasteiger partial charge in [0.1, 0.15) is 5.78 Å². The molecule has 1 unspecified atom stereocenters. The van der Waals surface area contributed by atoms with Crippen LogP contribution in [0.2, 0.25) is 0 Å². The number of nitrogens with zero attached hydrogens (tertiary/aromatic N) is 1. The molecule has 5 nitrogen and oxygen atoms in total. The summed E-state index contributed by atoms with van der Waals surface area (Å²) in [5.74, 6) is -0.563. The topological polar surface area (TPSA) is 48.0 Å². The summed E-state index contributed by atoms with van der Waals surface area (Å²) in [4.78, 5) is 6.27. The summed E-state index contributed by atoms with van der Waals surface area (Å²) in [5.41, 5.74) is 1.26. The summed E-state index contributed by atoms with van der Waals surface area (Å²) in [6.07, 6.45) is 1.81. The summed E-state index contributed by atoms with van der Waals surface area (Å²) < 4.78 is 25.2. The van der Waals surface area contributed by atoms with Crippen molar-refractivity contribution in [1.82, 2.24) is 5.06 Å². The van der Waals surface area contributed by atoms with Crippen molar-refractivity contribution in [3.8, 4) is 0 Å². The Labute approximate surface area is 171 Å². The second-order valence-corrected chi connectivity index (χ2v) is 10.9. The highest BCUT2D eigenvalue weighted by atomic mass is 31.2. The summed E-state index contributed by atoms with van der Waals surface area (Å²) in [6, 6.07) is 8.02. The number of rotatable bonds is 10. The lowest BCUT2D eigenvalue weighted by atomic mass is 9.94. The van der Waals surface area contributed by atoms with Crippen molar-refractivity contribution < 1.29 is 18.5 Å². The Morgan fingerprint density at radius 1 is 1.04 bits per heavy atom. The van der Waals surface area contributed by atoms with Crippen LogP contribution in [0.1, 0.15) is 66.5 Å². The van der Waals surface area contributed by atoms with Crippen LogP contribution in [0.15, 0.2) is 30.8 Å². The largest absolute Gasteiger partial charge is 0.350 e. The lowest BCUT2D eigenvalue weighted by Gasteiger charge is -2.47. The first-order chi connectivity index (χ1) is 12.9. The van der Waals surface area contributed by atoms with Crippen molar-refractivity contribution in [2.75, 3.05) is 13.2 Å². The van der Waals surface area contributed by atoms with E-state index in [1.165, 1.54) is 0 Å². The van der Waals surface area contributed by atoms with Gasteiger partial charge >= 0.3 is 7.60 Å². The van der Waals surface area contributed by atoms with E-state index in [0.717, 1.165) is 11.1 Å². The smallest absolute Gasteiger partial charge is 0.308 e. The molecule has 0 saturated carbocycles. The minimum Gasteiger partial charge on any atom is -0.308 e. The van der Waals surface area contributed by atoms with Crippen LogP contribution in [0.3, 0.4) is 0 Å². The van der Waals surface area contributed by atoms with Crippen LogP contribution in [0.25, 0.3) is 6.08 Å². The van der Waals surface area contributed by atoms with Crippen molar-refractivity contribution in [1.29, 1.82) is 0 Å². The third-order valence-corrected chi connectivity index (χ3v) is 6.98. The number of benzene rings is 1. The molecule has 1 atom stereocenters. The Bertz CT molecular complexity index is 649. The van der Waals surface area contributed by atoms with E-state index in [-0.39, 0.29) is 0 Å². The average Bonchev–Trinajstić information content (AvgIpc) is 2.57. The Morgan fingerprint density at radius 3 is 1.89 bits per heavy atom. The Hall–Kier alpha value is -0.970. The van der Waals surface area contributed by atoms with E-state index in [4.69, 9.17) is 13.9 Å². The molecule has 1 aromatic carbocycles. The normalized spacial score (nSPS) is 14.3. The third kappa shape index (κ3) is 6.82. The van der Waals surface area contributed by atoms with Gasteiger partial charge in [0.15, 0.2) is 0 Å². The predicted molar refractivity (Wildman–Crippen MR) is 117 cm³/mol. The van der Waals surface area contributed by atoms with Crippen molar-refractivity contribution >= 4 is 13.7 Å². The molecule has 28 heavy (non-hydrogen) atoms. The average molecular weight is 412 g/mol. The van der Waals surface area contributed by atoms with Crippen LogP contribution in [-0.2, 0) is 25.1 Å². The highest BCUT2D eigenvalue weighted by Crippen LogP contribution is 2.60. The van der Waals surface area contributed by atoms with Gasteiger partial charge < -0.3 is 9.05 Å². The first-order valence-corrected chi connectivity index (χ1v) is 11.5. The number of hydrogen-bond donors (Lipinski definition) is 0. The third-order valence-electron chi connectivity index (χ3n) is 4.16. The maximum absolute atomic E-state index is 13.8. The molecular weight excluding hydrogens is 373 g/mol. The van der Waals surface area contributed by atoms with E-state index >= 15 is 0 Å². The van der Waals surface area contributed by atoms with Gasteiger partial charge in [-0.1, -0.05) is 57.7 Å². The van der Waals surface area contributed by atoms with Gasteiger partial charge in [0.2, 0.25) is 0 Å². The first kappa shape index (κ1) is 25.1. The Kier molecular flexibility index (Phi) is 9.11. The predicted octanol–water partition coefficient (Wildman–Crippen LogP) is 6.50. The van der Waals surface area contributed by atoms with Crippen LogP contribution in [-0.4, -0.2) is 29.6 Å². The lowest BCUT2D eigenvalue weighted by molar-refractivity contribution is -0.246. The molecule has 0 aliphatic rings. The fourth-order valence-corrected chi connectivity index (χ4v) is 5.71. The van der Waals surface area contributed by atoms with Crippen LogP contribution in [0.4, 0.5) is 0 Å². The first-order valence-electron chi connectivity index (χ1n) is 9.91. The molecule has 0 fully saturated rings. The van der Waals surface area contributed by atoms with Gasteiger partial charge in [-0.2, -0.15) is 5.06 Å². The molecule has 0 amide bonds. The van der Waals surface area contributed by atoms with E-state index < -0.39 is 24.3 Å². The van der Waals surface area contributed by atoms with Crippen molar-refractivity contribution in [2.45, 2.75) is 73.3 Å². The zero-order valence-corrected chi connectivity index (χ0v) is 19.7. The molecule has 1 rings (SSSR count). The molecule has 0 aliphatic heterocycles. The van der Waals surface area contributed by atoms with Gasteiger partial charge in [0, 0.05) is 5.54 Å². The van der Waals surface area contributed by atoms with Gasteiger partial charge in [-0.3, -0.25) is 9.40 Å². The molecule has 0 heterocycles. The molecule has 0 N–H and O–H groups in total. The van der Waals surface area contributed by atoms with Crippen molar-refractivity contribution in [2.24, 2.45) is 5.41 Å². The van der Waals surface area contributed by atoms with E-state index in [2.05, 4.69) is 6.58 Å².